The summed E-state index contributed by atoms with van der Waals surface area (Å²) < 4.78 is 18.1. The number of carbonyl (C=O) groups excluding carboxylic acids is 2. The number of ether oxygens (including phenoxy) is 1. The van der Waals surface area contributed by atoms with E-state index in [1.165, 1.54) is 19.2 Å². The van der Waals surface area contributed by atoms with Crippen LogP contribution in [0.15, 0.2) is 24.3 Å². The van der Waals surface area contributed by atoms with Crippen LogP contribution in [0.3, 0.4) is 0 Å². The maximum atomic E-state index is 13.5. The molecule has 0 spiro atoms. The molecule has 0 aromatic heterocycles. The van der Waals surface area contributed by atoms with Gasteiger partial charge in [-0.15, -0.1) is 0 Å². The number of piperidine rings is 1. The van der Waals surface area contributed by atoms with E-state index < -0.39 is 11.7 Å². The number of halogens is 1. The van der Waals surface area contributed by atoms with Crippen molar-refractivity contribution in [3.63, 3.8) is 0 Å². The van der Waals surface area contributed by atoms with E-state index in [0.29, 0.717) is 25.6 Å². The third kappa shape index (κ3) is 3.93. The molecule has 114 valence electrons. The summed E-state index contributed by atoms with van der Waals surface area (Å²) in [5.74, 6) is -0.624. The minimum Gasteiger partial charge on any atom is -0.453 e. The molecule has 0 saturated carbocycles. The van der Waals surface area contributed by atoms with E-state index in [1.54, 1.807) is 17.0 Å². The second-order valence-electron chi connectivity index (χ2n) is 5.09. The Bertz CT molecular complexity index is 513. The van der Waals surface area contributed by atoms with Crippen molar-refractivity contribution in [2.24, 2.45) is 5.92 Å². The first-order chi connectivity index (χ1) is 10.1. The van der Waals surface area contributed by atoms with Crippen molar-refractivity contribution in [2.75, 3.05) is 26.7 Å². The van der Waals surface area contributed by atoms with Gasteiger partial charge >= 0.3 is 6.09 Å². The number of hydrogen-bond donors (Lipinski definition) is 1. The lowest BCUT2D eigenvalue weighted by Gasteiger charge is -2.30. The van der Waals surface area contributed by atoms with E-state index in [2.05, 4.69) is 10.1 Å². The van der Waals surface area contributed by atoms with E-state index in [9.17, 15) is 14.0 Å². The fraction of sp³-hybridized carbons (Fsp3) is 0.467. The topological polar surface area (TPSA) is 58.6 Å². The maximum absolute atomic E-state index is 13.5. The van der Waals surface area contributed by atoms with Gasteiger partial charge in [0, 0.05) is 19.6 Å². The highest BCUT2D eigenvalue weighted by atomic mass is 19.1. The number of benzene rings is 1. The zero-order valence-corrected chi connectivity index (χ0v) is 12.0. The van der Waals surface area contributed by atoms with Crippen LogP contribution in [0, 0.1) is 11.7 Å². The quantitative estimate of drug-likeness (QED) is 0.928. The van der Waals surface area contributed by atoms with Crippen LogP contribution in [-0.4, -0.2) is 43.6 Å². The first kappa shape index (κ1) is 15.3. The van der Waals surface area contributed by atoms with Crippen molar-refractivity contribution < 1.29 is 18.7 Å². The van der Waals surface area contributed by atoms with Crippen LogP contribution in [-0.2, 0) is 4.74 Å². The first-order valence-corrected chi connectivity index (χ1v) is 6.97. The number of nitrogens with zero attached hydrogens (tertiary/aromatic N) is 1. The van der Waals surface area contributed by atoms with Gasteiger partial charge in [0.1, 0.15) is 5.82 Å². The molecule has 1 aromatic rings. The maximum Gasteiger partial charge on any atom is 0.409 e. The molecule has 1 N–H and O–H groups in total. The lowest BCUT2D eigenvalue weighted by Crippen LogP contribution is -2.41. The summed E-state index contributed by atoms with van der Waals surface area (Å²) in [5.41, 5.74) is 0.0597. The Morgan fingerprint density at radius 2 is 2.00 bits per heavy atom. The Balaban J connectivity index is 1.79. The molecule has 1 heterocycles. The van der Waals surface area contributed by atoms with Crippen molar-refractivity contribution in [1.29, 1.82) is 0 Å². The van der Waals surface area contributed by atoms with E-state index >= 15 is 0 Å². The summed E-state index contributed by atoms with van der Waals surface area (Å²) in [5, 5.41) is 2.75. The fourth-order valence-electron chi connectivity index (χ4n) is 2.43. The van der Waals surface area contributed by atoms with Gasteiger partial charge in [-0.2, -0.15) is 0 Å². The van der Waals surface area contributed by atoms with Gasteiger partial charge in [-0.3, -0.25) is 4.79 Å². The highest BCUT2D eigenvalue weighted by Gasteiger charge is 2.23. The number of hydrogen-bond acceptors (Lipinski definition) is 3. The molecule has 0 bridgehead atoms. The molecule has 0 unspecified atom stereocenters. The Morgan fingerprint density at radius 3 is 2.62 bits per heavy atom. The largest absolute Gasteiger partial charge is 0.453 e. The average Bonchev–Trinajstić information content (AvgIpc) is 2.52. The van der Waals surface area contributed by atoms with Gasteiger partial charge in [-0.25, -0.2) is 9.18 Å². The lowest BCUT2D eigenvalue weighted by atomic mass is 9.97. The number of likely N-dealkylation sites (tertiary alicyclic amines) is 1. The molecule has 2 amide bonds. The first-order valence-electron chi connectivity index (χ1n) is 6.97. The predicted octanol–water partition coefficient (Wildman–Crippen LogP) is 2.03. The molecule has 5 nitrogen and oxygen atoms in total. The van der Waals surface area contributed by atoms with Crippen LogP contribution in [0.4, 0.5) is 9.18 Å². The molecule has 6 heteroatoms. The summed E-state index contributed by atoms with van der Waals surface area (Å²) in [6.07, 6.45) is 1.28. The minimum absolute atomic E-state index is 0.0597. The molecule has 1 fully saturated rings. The lowest BCUT2D eigenvalue weighted by molar-refractivity contribution is 0.0910. The molecular formula is C15H19FN2O3. The number of rotatable bonds is 3. The molecule has 0 aliphatic carbocycles. The standard InChI is InChI=1S/C15H19FN2O3/c1-21-15(20)18-8-6-11(7-9-18)10-17-14(19)12-4-2-3-5-13(12)16/h2-5,11H,6-10H2,1H3,(H,17,19). The third-order valence-electron chi connectivity index (χ3n) is 3.72. The second-order valence-corrected chi connectivity index (χ2v) is 5.09. The van der Waals surface area contributed by atoms with Crippen molar-refractivity contribution in [3.05, 3.63) is 35.6 Å². The van der Waals surface area contributed by atoms with Crippen LogP contribution >= 0.6 is 0 Å². The Hall–Kier alpha value is -2.11. The SMILES string of the molecule is COC(=O)N1CCC(CNC(=O)c2ccccc2F)CC1. The van der Waals surface area contributed by atoms with Crippen LogP contribution < -0.4 is 5.32 Å². The van der Waals surface area contributed by atoms with Crippen LogP contribution in [0.2, 0.25) is 0 Å². The highest BCUT2D eigenvalue weighted by molar-refractivity contribution is 5.94. The molecule has 2 rings (SSSR count). The minimum atomic E-state index is -0.518. The predicted molar refractivity (Wildman–Crippen MR) is 75.4 cm³/mol. The van der Waals surface area contributed by atoms with Crippen LogP contribution in [0.25, 0.3) is 0 Å². The molecule has 1 aliphatic rings. The number of nitrogens with one attached hydrogen (secondary N) is 1. The van der Waals surface area contributed by atoms with Crippen LogP contribution in [0.1, 0.15) is 23.2 Å². The van der Waals surface area contributed by atoms with Gasteiger partial charge in [-0.05, 0) is 30.9 Å². The summed E-state index contributed by atoms with van der Waals surface area (Å²) in [6.45, 7) is 1.72. The number of methoxy groups -OCH3 is 1. The van der Waals surface area contributed by atoms with E-state index in [1.807, 2.05) is 0 Å². The van der Waals surface area contributed by atoms with Gasteiger partial charge in [0.25, 0.3) is 5.91 Å². The smallest absolute Gasteiger partial charge is 0.409 e. The molecular weight excluding hydrogens is 275 g/mol. The Labute approximate surface area is 123 Å². The summed E-state index contributed by atoms with van der Waals surface area (Å²) >= 11 is 0. The van der Waals surface area contributed by atoms with Crippen molar-refractivity contribution in [1.82, 2.24) is 10.2 Å². The molecule has 21 heavy (non-hydrogen) atoms. The molecule has 1 saturated heterocycles. The average molecular weight is 294 g/mol. The Morgan fingerprint density at radius 1 is 1.33 bits per heavy atom. The van der Waals surface area contributed by atoms with Gasteiger partial charge < -0.3 is 15.0 Å². The normalized spacial score (nSPS) is 15.6. The molecule has 0 atom stereocenters. The van der Waals surface area contributed by atoms with Crippen molar-refractivity contribution >= 4 is 12.0 Å². The molecule has 0 radical (unpaired) electrons. The zero-order chi connectivity index (χ0) is 15.2. The molecule has 1 aliphatic heterocycles. The van der Waals surface area contributed by atoms with Crippen molar-refractivity contribution in [3.8, 4) is 0 Å². The van der Waals surface area contributed by atoms with E-state index in [-0.39, 0.29) is 11.7 Å². The molecule has 1 aromatic carbocycles. The van der Waals surface area contributed by atoms with Gasteiger partial charge in [-0.1, -0.05) is 12.1 Å². The number of amides is 2. The monoisotopic (exact) mass is 294 g/mol. The highest BCUT2D eigenvalue weighted by Crippen LogP contribution is 2.17. The number of carbonyl (C=O) groups is 2. The third-order valence-corrected chi connectivity index (χ3v) is 3.72. The van der Waals surface area contributed by atoms with Crippen molar-refractivity contribution in [2.45, 2.75) is 12.8 Å². The fourth-order valence-corrected chi connectivity index (χ4v) is 2.43. The van der Waals surface area contributed by atoms with Gasteiger partial charge in [0.2, 0.25) is 0 Å². The summed E-state index contributed by atoms with van der Waals surface area (Å²) in [6, 6.07) is 5.91. The second kappa shape index (κ2) is 7.06. The summed E-state index contributed by atoms with van der Waals surface area (Å²) in [7, 11) is 1.36. The van der Waals surface area contributed by atoms with Crippen LogP contribution in [0.5, 0.6) is 0 Å². The zero-order valence-electron chi connectivity index (χ0n) is 12.0. The van der Waals surface area contributed by atoms with Gasteiger partial charge in [0.15, 0.2) is 0 Å². The van der Waals surface area contributed by atoms with Gasteiger partial charge in [0.05, 0.1) is 12.7 Å². The van der Waals surface area contributed by atoms with E-state index in [0.717, 1.165) is 12.8 Å². The van der Waals surface area contributed by atoms with E-state index in [4.69, 9.17) is 0 Å². The Kier molecular flexibility index (Phi) is 5.14. The summed E-state index contributed by atoms with van der Waals surface area (Å²) in [4.78, 5) is 24.9.